The Morgan fingerprint density at radius 1 is 1.42 bits per heavy atom. The molecule has 0 saturated carbocycles. The second-order valence-corrected chi connectivity index (χ2v) is 5.06. The van der Waals surface area contributed by atoms with Crippen LogP contribution in [-0.4, -0.2) is 22.8 Å². The zero-order valence-corrected chi connectivity index (χ0v) is 8.01. The minimum Gasteiger partial charge on any atom is -0.390 e. The summed E-state index contributed by atoms with van der Waals surface area (Å²) in [4.78, 5) is 0. The highest BCUT2D eigenvalue weighted by Gasteiger charge is 2.40. The second-order valence-electron chi connectivity index (χ2n) is 5.06. The van der Waals surface area contributed by atoms with E-state index in [-0.39, 0.29) is 0 Å². The van der Waals surface area contributed by atoms with Gasteiger partial charge in [0.15, 0.2) is 0 Å². The number of hydrogen-bond donors (Lipinski definition) is 2. The van der Waals surface area contributed by atoms with Gasteiger partial charge in [0.1, 0.15) is 0 Å². The van der Waals surface area contributed by atoms with Crippen LogP contribution in [0.15, 0.2) is 0 Å². The minimum absolute atomic E-state index is 0.475. The van der Waals surface area contributed by atoms with E-state index in [2.05, 4.69) is 5.32 Å². The quantitative estimate of drug-likeness (QED) is 0.653. The third kappa shape index (κ3) is 1.64. The molecule has 2 aliphatic heterocycles. The molecule has 2 heterocycles. The molecule has 2 bridgehead atoms. The van der Waals surface area contributed by atoms with Crippen molar-refractivity contribution in [1.29, 1.82) is 0 Å². The van der Waals surface area contributed by atoms with Crippen LogP contribution >= 0.6 is 0 Å². The molecule has 0 spiro atoms. The van der Waals surface area contributed by atoms with Crippen molar-refractivity contribution in [3.8, 4) is 0 Å². The molecular weight excluding hydrogens is 150 g/mol. The third-order valence-electron chi connectivity index (χ3n) is 3.19. The fourth-order valence-electron chi connectivity index (χ4n) is 2.80. The van der Waals surface area contributed by atoms with Crippen molar-refractivity contribution in [2.24, 2.45) is 5.92 Å². The average molecular weight is 169 g/mol. The van der Waals surface area contributed by atoms with Crippen LogP contribution in [0.5, 0.6) is 0 Å². The maximum Gasteiger partial charge on any atom is 0.0595 e. The van der Waals surface area contributed by atoms with Gasteiger partial charge in [-0.15, -0.1) is 0 Å². The van der Waals surface area contributed by atoms with Gasteiger partial charge in [0.05, 0.1) is 5.60 Å². The topological polar surface area (TPSA) is 32.3 Å². The summed E-state index contributed by atoms with van der Waals surface area (Å²) in [6.45, 7) is 3.83. The Balaban J connectivity index is 1.91. The molecule has 0 aliphatic carbocycles. The van der Waals surface area contributed by atoms with E-state index in [4.69, 9.17) is 0 Å². The molecule has 2 N–H and O–H groups in total. The number of hydrogen-bond acceptors (Lipinski definition) is 2. The van der Waals surface area contributed by atoms with E-state index in [0.717, 1.165) is 18.4 Å². The van der Waals surface area contributed by atoms with Crippen molar-refractivity contribution >= 4 is 0 Å². The van der Waals surface area contributed by atoms with Gasteiger partial charge in [-0.05, 0) is 45.4 Å². The van der Waals surface area contributed by atoms with Crippen LogP contribution in [0.3, 0.4) is 0 Å². The van der Waals surface area contributed by atoms with Crippen LogP contribution in [0.25, 0.3) is 0 Å². The molecule has 70 valence electrons. The van der Waals surface area contributed by atoms with Gasteiger partial charge in [-0.3, -0.25) is 0 Å². The lowest BCUT2D eigenvalue weighted by atomic mass is 9.82. The first-order valence-electron chi connectivity index (χ1n) is 5.03. The van der Waals surface area contributed by atoms with Crippen LogP contribution in [0.2, 0.25) is 0 Å². The smallest absolute Gasteiger partial charge is 0.0595 e. The van der Waals surface area contributed by atoms with Crippen LogP contribution in [0, 0.1) is 5.92 Å². The molecule has 12 heavy (non-hydrogen) atoms. The predicted molar refractivity (Wildman–Crippen MR) is 49.0 cm³/mol. The number of nitrogens with one attached hydrogen (secondary N) is 1. The van der Waals surface area contributed by atoms with Crippen LogP contribution < -0.4 is 5.32 Å². The van der Waals surface area contributed by atoms with E-state index in [0.29, 0.717) is 6.04 Å². The van der Waals surface area contributed by atoms with Crippen molar-refractivity contribution in [3.05, 3.63) is 0 Å². The fourth-order valence-corrected chi connectivity index (χ4v) is 2.80. The van der Waals surface area contributed by atoms with Crippen molar-refractivity contribution in [1.82, 2.24) is 5.32 Å². The van der Waals surface area contributed by atoms with Gasteiger partial charge in [-0.25, -0.2) is 0 Å². The molecule has 2 rings (SSSR count). The van der Waals surface area contributed by atoms with Gasteiger partial charge in [0.2, 0.25) is 0 Å². The summed E-state index contributed by atoms with van der Waals surface area (Å²) in [5, 5.41) is 13.3. The van der Waals surface area contributed by atoms with Gasteiger partial charge in [-0.1, -0.05) is 0 Å². The zero-order valence-electron chi connectivity index (χ0n) is 8.01. The lowest BCUT2D eigenvalue weighted by Crippen LogP contribution is -2.30. The Morgan fingerprint density at radius 2 is 2.17 bits per heavy atom. The highest BCUT2D eigenvalue weighted by Crippen LogP contribution is 2.37. The lowest BCUT2D eigenvalue weighted by molar-refractivity contribution is 0.0482. The Morgan fingerprint density at radius 3 is 2.58 bits per heavy atom. The van der Waals surface area contributed by atoms with Crippen molar-refractivity contribution in [3.63, 3.8) is 0 Å². The Bertz CT molecular complexity index is 173. The third-order valence-corrected chi connectivity index (χ3v) is 3.19. The van der Waals surface area contributed by atoms with Gasteiger partial charge < -0.3 is 10.4 Å². The van der Waals surface area contributed by atoms with Crippen LogP contribution in [0.1, 0.15) is 39.5 Å². The first kappa shape index (κ1) is 8.52. The van der Waals surface area contributed by atoms with E-state index in [1.807, 2.05) is 13.8 Å². The molecule has 2 unspecified atom stereocenters. The van der Waals surface area contributed by atoms with Gasteiger partial charge >= 0.3 is 0 Å². The molecule has 2 fully saturated rings. The minimum atomic E-state index is -0.475. The average Bonchev–Trinajstić information content (AvgIpc) is 2.42. The van der Waals surface area contributed by atoms with E-state index in [1.54, 1.807) is 0 Å². The highest BCUT2D eigenvalue weighted by atomic mass is 16.3. The molecule has 2 saturated heterocycles. The molecule has 2 nitrogen and oxygen atoms in total. The fraction of sp³-hybridized carbons (Fsp3) is 1.00. The van der Waals surface area contributed by atoms with Crippen molar-refractivity contribution < 1.29 is 5.11 Å². The summed E-state index contributed by atoms with van der Waals surface area (Å²) < 4.78 is 0. The summed E-state index contributed by atoms with van der Waals surface area (Å²) in [7, 11) is 0. The lowest BCUT2D eigenvalue weighted by Gasteiger charge is -2.26. The van der Waals surface area contributed by atoms with Gasteiger partial charge in [0.25, 0.3) is 0 Å². The maximum atomic E-state index is 9.68. The zero-order chi connectivity index (χ0) is 8.77. The summed E-state index contributed by atoms with van der Waals surface area (Å²) in [6.07, 6.45) is 4.92. The van der Waals surface area contributed by atoms with E-state index in [1.165, 1.54) is 19.3 Å². The first-order chi connectivity index (χ1) is 5.54. The molecule has 0 aromatic rings. The first-order valence-corrected chi connectivity index (χ1v) is 5.03. The number of rotatable bonds is 2. The van der Waals surface area contributed by atoms with E-state index in [9.17, 15) is 5.11 Å². The van der Waals surface area contributed by atoms with Crippen molar-refractivity contribution in [2.75, 3.05) is 0 Å². The molecule has 2 aliphatic rings. The standard InChI is InChI=1S/C10H19NO/c1-10(2,12)6-7-5-8-3-4-9(7)11-8/h7-9,11-12H,3-6H2,1-2H3/t7-,8?,9?/m0/s1. The van der Waals surface area contributed by atoms with E-state index >= 15 is 0 Å². The Labute approximate surface area is 74.4 Å². The summed E-state index contributed by atoms with van der Waals surface area (Å²) >= 11 is 0. The largest absolute Gasteiger partial charge is 0.390 e. The van der Waals surface area contributed by atoms with Crippen molar-refractivity contribution in [2.45, 2.75) is 57.2 Å². The summed E-state index contributed by atoms with van der Waals surface area (Å²) in [5.41, 5.74) is -0.475. The normalized spacial score (nSPS) is 40.8. The molecule has 0 radical (unpaired) electrons. The van der Waals surface area contributed by atoms with Crippen LogP contribution in [0.4, 0.5) is 0 Å². The summed E-state index contributed by atoms with van der Waals surface area (Å²) in [6, 6.07) is 1.48. The van der Waals surface area contributed by atoms with Gasteiger partial charge in [0, 0.05) is 12.1 Å². The maximum absolute atomic E-state index is 9.68. The molecular formula is C10H19NO. The monoisotopic (exact) mass is 169 g/mol. The Kier molecular flexibility index (Phi) is 1.92. The number of fused-ring (bicyclic) bond motifs is 2. The Hall–Kier alpha value is -0.0800. The van der Waals surface area contributed by atoms with Crippen LogP contribution in [-0.2, 0) is 0 Å². The molecule has 0 aromatic heterocycles. The summed E-state index contributed by atoms with van der Waals surface area (Å²) in [5.74, 6) is 0.726. The van der Waals surface area contributed by atoms with Gasteiger partial charge in [-0.2, -0.15) is 0 Å². The molecule has 0 aromatic carbocycles. The predicted octanol–water partition coefficient (Wildman–Crippen LogP) is 1.29. The van der Waals surface area contributed by atoms with E-state index < -0.39 is 5.60 Å². The SMILES string of the molecule is CC(C)(O)C[C@@H]1CC2CCC1N2. The second kappa shape index (κ2) is 2.71. The highest BCUT2D eigenvalue weighted by molar-refractivity contribution is 4.98. The molecule has 2 heteroatoms. The number of aliphatic hydroxyl groups is 1. The molecule has 3 atom stereocenters. The molecule has 0 amide bonds.